The standard InChI is InChI=1S/C36H23N2O2/c1-5-17-31-21(9-1)25-12-8-16-30(35(25)39-31)37-27-13-3-4-14-28(27)38-33-23(11-7-15-29(33)37)24-19-20-26-22-10-2-6-18-32(22)40-36(26)34(24)38/h1-5,7-17,19-20,28H,6,18H2/q+1. The van der Waals surface area contributed by atoms with Crippen LogP contribution in [0.3, 0.4) is 0 Å². The Morgan fingerprint density at radius 3 is 2.48 bits per heavy atom. The highest BCUT2D eigenvalue weighted by atomic mass is 16.3. The molecule has 0 spiro atoms. The summed E-state index contributed by atoms with van der Waals surface area (Å²) in [5.41, 5.74) is 9.84. The Labute approximate surface area is 229 Å². The quantitative estimate of drug-likeness (QED) is 0.204. The molecule has 0 radical (unpaired) electrons. The Morgan fingerprint density at radius 1 is 0.675 bits per heavy atom. The lowest BCUT2D eigenvalue weighted by Crippen LogP contribution is -2.30. The molecule has 3 aliphatic rings. The van der Waals surface area contributed by atoms with Crippen molar-refractivity contribution in [3.05, 3.63) is 115 Å². The molecule has 40 heavy (non-hydrogen) atoms. The molecule has 2 aliphatic carbocycles. The van der Waals surface area contributed by atoms with E-state index in [0.29, 0.717) is 0 Å². The van der Waals surface area contributed by atoms with Crippen molar-refractivity contribution in [2.75, 3.05) is 0 Å². The van der Waals surface area contributed by atoms with Crippen molar-refractivity contribution >= 4 is 77.9 Å². The van der Waals surface area contributed by atoms with E-state index >= 15 is 0 Å². The number of hydrogen-bond acceptors (Lipinski definition) is 2. The van der Waals surface area contributed by atoms with E-state index in [9.17, 15) is 0 Å². The lowest BCUT2D eigenvalue weighted by atomic mass is 10.0. The van der Waals surface area contributed by atoms with Crippen molar-refractivity contribution in [3.8, 4) is 0 Å². The Kier molecular flexibility index (Phi) is 3.80. The van der Waals surface area contributed by atoms with Gasteiger partial charge in [0.05, 0.1) is 5.52 Å². The zero-order chi connectivity index (χ0) is 25.9. The largest absolute Gasteiger partial charge is 0.458 e. The summed E-state index contributed by atoms with van der Waals surface area (Å²) in [5, 5.41) is 5.94. The van der Waals surface area contributed by atoms with E-state index in [1.807, 2.05) is 6.07 Å². The third-order valence-electron chi connectivity index (χ3n) is 8.93. The van der Waals surface area contributed by atoms with Crippen molar-refractivity contribution in [1.82, 2.24) is 9.14 Å². The summed E-state index contributed by atoms with van der Waals surface area (Å²) < 4.78 is 18.1. The maximum atomic E-state index is 6.67. The number of nitrogens with zero attached hydrogens (tertiary/aromatic N) is 2. The second kappa shape index (κ2) is 7.30. The highest BCUT2D eigenvalue weighted by Gasteiger charge is 2.39. The molecule has 4 heteroatoms. The first kappa shape index (κ1) is 20.8. The fraction of sp³-hybridized carbons (Fsp3) is 0.0833. The number of benzene rings is 4. The zero-order valence-corrected chi connectivity index (χ0v) is 21.6. The molecule has 4 nitrogen and oxygen atoms in total. The molecule has 188 valence electrons. The minimum atomic E-state index is 0.0165. The number of hydrogen-bond donors (Lipinski definition) is 0. The highest BCUT2D eigenvalue weighted by molar-refractivity contribution is 6.23. The second-order valence-corrected chi connectivity index (χ2v) is 11.0. The molecule has 0 saturated carbocycles. The van der Waals surface area contributed by atoms with E-state index < -0.39 is 0 Å². The minimum absolute atomic E-state index is 0.0165. The van der Waals surface area contributed by atoms with Gasteiger partial charge in [-0.2, -0.15) is 4.58 Å². The van der Waals surface area contributed by atoms with Crippen molar-refractivity contribution < 1.29 is 8.83 Å². The average molecular weight is 516 g/mol. The van der Waals surface area contributed by atoms with Gasteiger partial charge >= 0.3 is 0 Å². The molecule has 0 amide bonds. The van der Waals surface area contributed by atoms with E-state index in [4.69, 9.17) is 8.83 Å². The van der Waals surface area contributed by atoms with Gasteiger partial charge in [0.2, 0.25) is 17.0 Å². The molecule has 1 aliphatic heterocycles. The van der Waals surface area contributed by atoms with Gasteiger partial charge in [-0.3, -0.25) is 0 Å². The van der Waals surface area contributed by atoms with Gasteiger partial charge in [0, 0.05) is 57.1 Å². The number of furan rings is 2. The lowest BCUT2D eigenvalue weighted by Gasteiger charge is -2.24. The SMILES string of the molecule is C1=CC2=[N+](c3cccc4c3oc3ccccc34)c3cccc4c5ccc6c7c(oc6c5n(c34)C2C=C1)CCC=C7. The van der Waals surface area contributed by atoms with E-state index in [1.165, 1.54) is 38.5 Å². The van der Waals surface area contributed by atoms with Crippen molar-refractivity contribution in [2.24, 2.45) is 0 Å². The fourth-order valence-corrected chi connectivity index (χ4v) is 7.29. The van der Waals surface area contributed by atoms with Gasteiger partial charge in [0.25, 0.3) is 5.69 Å². The van der Waals surface area contributed by atoms with Crippen LogP contribution in [0, 0.1) is 0 Å². The smallest absolute Gasteiger partial charge is 0.255 e. The number of aryl methyl sites for hydroxylation is 1. The van der Waals surface area contributed by atoms with Crippen LogP contribution in [0.2, 0.25) is 0 Å². The Balaban J connectivity index is 1.36. The van der Waals surface area contributed by atoms with Crippen LogP contribution < -0.4 is 4.58 Å². The predicted octanol–water partition coefficient (Wildman–Crippen LogP) is 9.36. The Morgan fingerprint density at radius 2 is 1.50 bits per heavy atom. The van der Waals surface area contributed by atoms with Crippen LogP contribution in [0.1, 0.15) is 23.8 Å². The molecule has 10 rings (SSSR count). The minimum Gasteiger partial charge on any atom is -0.458 e. The lowest BCUT2D eigenvalue weighted by molar-refractivity contribution is 0.547. The van der Waals surface area contributed by atoms with Gasteiger partial charge in [0.1, 0.15) is 22.9 Å². The molecular weight excluding hydrogens is 492 g/mol. The normalized spacial score (nSPS) is 17.6. The fourth-order valence-electron chi connectivity index (χ4n) is 7.29. The molecule has 3 aromatic heterocycles. The highest BCUT2D eigenvalue weighted by Crippen LogP contribution is 2.47. The molecule has 1 atom stereocenters. The summed E-state index contributed by atoms with van der Waals surface area (Å²) in [5.74, 6) is 1.10. The number of aromatic nitrogens is 1. The summed E-state index contributed by atoms with van der Waals surface area (Å²) >= 11 is 0. The van der Waals surface area contributed by atoms with Crippen LogP contribution >= 0.6 is 0 Å². The van der Waals surface area contributed by atoms with Crippen LogP contribution in [-0.4, -0.2) is 10.3 Å². The monoisotopic (exact) mass is 515 g/mol. The molecule has 4 aromatic carbocycles. The maximum Gasteiger partial charge on any atom is 0.255 e. The van der Waals surface area contributed by atoms with E-state index in [0.717, 1.165) is 57.5 Å². The van der Waals surface area contributed by atoms with Gasteiger partial charge in [0.15, 0.2) is 5.58 Å². The van der Waals surface area contributed by atoms with E-state index in [1.54, 1.807) is 0 Å². The van der Waals surface area contributed by atoms with Crippen LogP contribution in [0.25, 0.3) is 60.8 Å². The number of para-hydroxylation sites is 3. The molecule has 0 saturated heterocycles. The van der Waals surface area contributed by atoms with E-state index in [2.05, 4.69) is 112 Å². The summed E-state index contributed by atoms with van der Waals surface area (Å²) in [4.78, 5) is 0. The maximum absolute atomic E-state index is 6.67. The predicted molar refractivity (Wildman–Crippen MR) is 164 cm³/mol. The molecule has 4 heterocycles. The van der Waals surface area contributed by atoms with Crippen LogP contribution in [0.4, 0.5) is 11.4 Å². The topological polar surface area (TPSA) is 34.2 Å². The van der Waals surface area contributed by atoms with Crippen molar-refractivity contribution in [3.63, 3.8) is 0 Å². The average Bonchev–Trinajstić information content (AvgIpc) is 3.68. The summed E-state index contributed by atoms with van der Waals surface area (Å²) in [7, 11) is 0. The van der Waals surface area contributed by atoms with Crippen LogP contribution in [0.15, 0.2) is 112 Å². The van der Waals surface area contributed by atoms with Gasteiger partial charge in [-0.25, -0.2) is 0 Å². The Hall–Kier alpha value is -5.09. The third-order valence-corrected chi connectivity index (χ3v) is 8.93. The molecule has 1 unspecified atom stereocenters. The number of rotatable bonds is 1. The first-order valence-electron chi connectivity index (χ1n) is 14.0. The van der Waals surface area contributed by atoms with Gasteiger partial charge in [-0.1, -0.05) is 72.8 Å². The van der Waals surface area contributed by atoms with Crippen LogP contribution in [-0.2, 0) is 6.42 Å². The number of allylic oxidation sites excluding steroid dienone is 5. The Bertz CT molecular complexity index is 2380. The summed E-state index contributed by atoms with van der Waals surface area (Å²) in [6.07, 6.45) is 15.3. The molecule has 0 N–H and O–H groups in total. The number of fused-ring (bicyclic) bond motifs is 12. The third kappa shape index (κ3) is 2.45. The molecule has 0 fully saturated rings. The first-order chi connectivity index (χ1) is 19.9. The second-order valence-electron chi connectivity index (χ2n) is 11.0. The van der Waals surface area contributed by atoms with Crippen molar-refractivity contribution in [1.29, 1.82) is 0 Å². The van der Waals surface area contributed by atoms with Crippen molar-refractivity contribution in [2.45, 2.75) is 18.9 Å². The first-order valence-corrected chi connectivity index (χ1v) is 14.0. The zero-order valence-electron chi connectivity index (χ0n) is 21.6. The summed E-state index contributed by atoms with van der Waals surface area (Å²) in [6.45, 7) is 0. The van der Waals surface area contributed by atoms with Gasteiger partial charge in [-0.05, 0) is 24.6 Å². The summed E-state index contributed by atoms with van der Waals surface area (Å²) in [6, 6.07) is 26.0. The molecule has 0 bridgehead atoms. The van der Waals surface area contributed by atoms with Gasteiger partial charge in [-0.15, -0.1) is 0 Å². The van der Waals surface area contributed by atoms with Gasteiger partial charge < -0.3 is 13.4 Å². The molecular formula is C36H23N2O2+. The van der Waals surface area contributed by atoms with Crippen LogP contribution in [0.5, 0.6) is 0 Å². The molecule has 7 aromatic rings. The van der Waals surface area contributed by atoms with E-state index in [-0.39, 0.29) is 6.04 Å².